The van der Waals surface area contributed by atoms with E-state index < -0.39 is 0 Å². The molecule has 1 unspecified atom stereocenters. The van der Waals surface area contributed by atoms with E-state index in [2.05, 4.69) is 19.7 Å². The maximum atomic E-state index is 12.9. The number of carbonyl (C=O) groups is 1. The Balaban J connectivity index is 1.60. The van der Waals surface area contributed by atoms with Gasteiger partial charge in [0.15, 0.2) is 0 Å². The molecule has 0 N–H and O–H groups in total. The number of aromatic nitrogens is 4. The van der Waals surface area contributed by atoms with E-state index in [4.69, 9.17) is 9.47 Å². The van der Waals surface area contributed by atoms with Crippen molar-refractivity contribution in [1.29, 1.82) is 0 Å². The summed E-state index contributed by atoms with van der Waals surface area (Å²) in [5.41, 5.74) is 2.96. The Morgan fingerprint density at radius 2 is 2.07 bits per heavy atom. The van der Waals surface area contributed by atoms with Crippen molar-refractivity contribution in [3.63, 3.8) is 0 Å². The van der Waals surface area contributed by atoms with Crippen LogP contribution < -0.4 is 0 Å². The van der Waals surface area contributed by atoms with Gasteiger partial charge in [0.2, 0.25) is 5.65 Å². The molecule has 2 aliphatic rings. The Morgan fingerprint density at radius 1 is 1.21 bits per heavy atom. The minimum atomic E-state index is 0.0251. The summed E-state index contributed by atoms with van der Waals surface area (Å²) >= 11 is 0. The van der Waals surface area contributed by atoms with Crippen LogP contribution in [0, 0.1) is 6.92 Å². The maximum absolute atomic E-state index is 12.9. The van der Waals surface area contributed by atoms with Gasteiger partial charge in [-0.05, 0) is 38.0 Å². The number of hydrogen-bond donors (Lipinski definition) is 0. The number of morpholine rings is 1. The number of carbonyl (C=O) groups excluding carboxylic acids is 1. The molecule has 0 spiro atoms. The molecule has 5 rings (SSSR count). The first kappa shape index (κ1) is 17.5. The van der Waals surface area contributed by atoms with E-state index in [0.717, 1.165) is 48.2 Å². The van der Waals surface area contributed by atoms with E-state index in [1.807, 2.05) is 30.0 Å². The molecule has 0 radical (unpaired) electrons. The minimum absolute atomic E-state index is 0.0251. The molecule has 146 valence electrons. The third-order valence-electron chi connectivity index (χ3n) is 5.60. The quantitative estimate of drug-likeness (QED) is 0.690. The van der Waals surface area contributed by atoms with Gasteiger partial charge in [-0.15, -0.1) is 10.2 Å². The Bertz CT molecular complexity index is 1040. The van der Waals surface area contributed by atoms with Crippen molar-refractivity contribution in [3.05, 3.63) is 29.6 Å². The zero-order chi connectivity index (χ0) is 19.1. The van der Waals surface area contributed by atoms with Gasteiger partial charge in [-0.1, -0.05) is 0 Å². The highest BCUT2D eigenvalue weighted by atomic mass is 16.5. The number of nitrogens with zero attached hydrogens (tertiary/aromatic N) is 5. The highest BCUT2D eigenvalue weighted by molar-refractivity contribution is 6.05. The van der Waals surface area contributed by atoms with Gasteiger partial charge >= 0.3 is 0 Å². The molecular formula is C20H23N5O3. The SMILES string of the molecule is Cc1nc2nnc3ccc(C(=O)N4CCOCC4)cc3c2n1CC1CCCO1. The van der Waals surface area contributed by atoms with Crippen LogP contribution in [0.2, 0.25) is 0 Å². The average molecular weight is 381 g/mol. The van der Waals surface area contributed by atoms with E-state index in [1.165, 1.54) is 0 Å². The minimum Gasteiger partial charge on any atom is -0.378 e. The smallest absolute Gasteiger partial charge is 0.254 e. The number of aryl methyl sites for hydroxylation is 1. The molecule has 2 saturated heterocycles. The second-order valence-electron chi connectivity index (χ2n) is 7.41. The highest BCUT2D eigenvalue weighted by Gasteiger charge is 2.22. The van der Waals surface area contributed by atoms with Gasteiger partial charge in [0, 0.05) is 30.6 Å². The van der Waals surface area contributed by atoms with Crippen molar-refractivity contribution in [2.24, 2.45) is 0 Å². The predicted octanol–water partition coefficient (Wildman–Crippen LogP) is 1.94. The Morgan fingerprint density at radius 3 is 2.86 bits per heavy atom. The molecule has 2 aromatic heterocycles. The summed E-state index contributed by atoms with van der Waals surface area (Å²) in [6.45, 7) is 5.95. The monoisotopic (exact) mass is 381 g/mol. The molecule has 4 heterocycles. The second kappa shape index (κ2) is 7.10. The third kappa shape index (κ3) is 3.02. The molecule has 0 aliphatic carbocycles. The Labute approximate surface area is 162 Å². The van der Waals surface area contributed by atoms with Crippen molar-refractivity contribution in [2.75, 3.05) is 32.9 Å². The topological polar surface area (TPSA) is 82.4 Å². The van der Waals surface area contributed by atoms with Crippen LogP contribution in [0.5, 0.6) is 0 Å². The maximum Gasteiger partial charge on any atom is 0.254 e. The fourth-order valence-corrected chi connectivity index (χ4v) is 4.10. The summed E-state index contributed by atoms with van der Waals surface area (Å²) < 4.78 is 13.3. The zero-order valence-electron chi connectivity index (χ0n) is 15.9. The van der Waals surface area contributed by atoms with Crippen molar-refractivity contribution in [1.82, 2.24) is 24.6 Å². The van der Waals surface area contributed by atoms with Crippen LogP contribution in [-0.4, -0.2) is 69.6 Å². The normalized spacial score (nSPS) is 20.3. The summed E-state index contributed by atoms with van der Waals surface area (Å²) in [6, 6.07) is 5.62. The standard InChI is InChI=1S/C20H23N5O3/c1-13-21-19-18(25(13)12-15-3-2-8-28-15)16-11-14(4-5-17(16)22-23-19)20(26)24-6-9-27-10-7-24/h4-5,11,15H,2-3,6-10,12H2,1H3. The molecule has 8 heteroatoms. The van der Waals surface area contributed by atoms with Gasteiger partial charge in [-0.3, -0.25) is 4.79 Å². The molecule has 0 saturated carbocycles. The molecule has 1 amide bonds. The third-order valence-corrected chi connectivity index (χ3v) is 5.60. The zero-order valence-corrected chi connectivity index (χ0v) is 15.9. The largest absolute Gasteiger partial charge is 0.378 e. The molecule has 28 heavy (non-hydrogen) atoms. The second-order valence-corrected chi connectivity index (χ2v) is 7.41. The molecule has 2 fully saturated rings. The summed E-state index contributed by atoms with van der Waals surface area (Å²) in [6.07, 6.45) is 2.34. The highest BCUT2D eigenvalue weighted by Crippen LogP contribution is 2.26. The van der Waals surface area contributed by atoms with Crippen LogP contribution in [0.15, 0.2) is 18.2 Å². The summed E-state index contributed by atoms with van der Waals surface area (Å²) in [5, 5.41) is 9.51. The Hall–Kier alpha value is -2.58. The lowest BCUT2D eigenvalue weighted by Crippen LogP contribution is -2.40. The first-order chi connectivity index (χ1) is 13.7. The fraction of sp³-hybridized carbons (Fsp3) is 0.500. The van der Waals surface area contributed by atoms with E-state index in [1.54, 1.807) is 0 Å². The number of fused-ring (bicyclic) bond motifs is 3. The van der Waals surface area contributed by atoms with Crippen LogP contribution in [0.3, 0.4) is 0 Å². The van der Waals surface area contributed by atoms with Crippen molar-refractivity contribution in [2.45, 2.75) is 32.4 Å². The number of imidazole rings is 1. The first-order valence-electron chi connectivity index (χ1n) is 9.82. The van der Waals surface area contributed by atoms with E-state index in [9.17, 15) is 4.79 Å². The van der Waals surface area contributed by atoms with Gasteiger partial charge in [0.1, 0.15) is 5.82 Å². The molecule has 1 atom stereocenters. The average Bonchev–Trinajstić information content (AvgIpc) is 3.36. The van der Waals surface area contributed by atoms with Gasteiger partial charge in [-0.2, -0.15) is 0 Å². The van der Waals surface area contributed by atoms with Crippen LogP contribution in [0.4, 0.5) is 0 Å². The lowest BCUT2D eigenvalue weighted by atomic mass is 10.1. The lowest BCUT2D eigenvalue weighted by Gasteiger charge is -2.26. The van der Waals surface area contributed by atoms with Gasteiger partial charge in [-0.25, -0.2) is 4.98 Å². The molecule has 0 bridgehead atoms. The summed E-state index contributed by atoms with van der Waals surface area (Å²) in [4.78, 5) is 19.4. The van der Waals surface area contributed by atoms with Crippen LogP contribution in [0.1, 0.15) is 29.0 Å². The molecule has 8 nitrogen and oxygen atoms in total. The van der Waals surface area contributed by atoms with E-state index in [0.29, 0.717) is 37.5 Å². The van der Waals surface area contributed by atoms with Crippen molar-refractivity contribution in [3.8, 4) is 0 Å². The van der Waals surface area contributed by atoms with Gasteiger partial charge in [0.05, 0.1) is 36.9 Å². The number of ether oxygens (including phenoxy) is 2. The van der Waals surface area contributed by atoms with E-state index in [-0.39, 0.29) is 12.0 Å². The Kier molecular flexibility index (Phi) is 4.44. The van der Waals surface area contributed by atoms with E-state index >= 15 is 0 Å². The molecular weight excluding hydrogens is 358 g/mol. The number of rotatable bonds is 3. The van der Waals surface area contributed by atoms with Crippen LogP contribution in [-0.2, 0) is 16.0 Å². The van der Waals surface area contributed by atoms with Gasteiger partial charge < -0.3 is 18.9 Å². The molecule has 2 aliphatic heterocycles. The summed E-state index contributed by atoms with van der Waals surface area (Å²) in [7, 11) is 0. The van der Waals surface area contributed by atoms with Gasteiger partial charge in [0.25, 0.3) is 5.91 Å². The van der Waals surface area contributed by atoms with Crippen LogP contribution >= 0.6 is 0 Å². The predicted molar refractivity (Wildman–Crippen MR) is 103 cm³/mol. The molecule has 3 aromatic rings. The lowest BCUT2D eigenvalue weighted by molar-refractivity contribution is 0.0303. The van der Waals surface area contributed by atoms with Crippen LogP contribution in [0.25, 0.3) is 22.1 Å². The number of benzene rings is 1. The number of hydrogen-bond acceptors (Lipinski definition) is 6. The van der Waals surface area contributed by atoms with Crippen molar-refractivity contribution < 1.29 is 14.3 Å². The number of amides is 1. The summed E-state index contributed by atoms with van der Waals surface area (Å²) in [5.74, 6) is 0.911. The molecule has 1 aromatic carbocycles. The fourth-order valence-electron chi connectivity index (χ4n) is 4.10. The van der Waals surface area contributed by atoms with Crippen molar-refractivity contribution >= 4 is 28.0 Å². The first-order valence-corrected chi connectivity index (χ1v) is 9.82.